The number of methoxy groups -OCH3 is 1. The van der Waals surface area contributed by atoms with Gasteiger partial charge in [0.05, 0.1) is 12.0 Å². The van der Waals surface area contributed by atoms with E-state index in [2.05, 4.69) is 0 Å². The second kappa shape index (κ2) is 5.50. The zero-order chi connectivity index (χ0) is 15.7. The van der Waals surface area contributed by atoms with Gasteiger partial charge in [0.25, 0.3) is 0 Å². The van der Waals surface area contributed by atoms with Gasteiger partial charge in [-0.1, -0.05) is 24.3 Å². The van der Waals surface area contributed by atoms with Gasteiger partial charge in [-0.25, -0.2) is 0 Å². The Hall–Kier alpha value is -2.86. The first kappa shape index (κ1) is 14.1. The molecule has 0 bridgehead atoms. The highest BCUT2D eigenvalue weighted by molar-refractivity contribution is 5.62. The van der Waals surface area contributed by atoms with Crippen LogP contribution in [-0.2, 0) is 0 Å². The lowest BCUT2D eigenvalue weighted by molar-refractivity contribution is -0.385. The van der Waals surface area contributed by atoms with Crippen LogP contribution in [0, 0.1) is 10.1 Å². The summed E-state index contributed by atoms with van der Waals surface area (Å²) in [6.07, 6.45) is 0.703. The van der Waals surface area contributed by atoms with Gasteiger partial charge in [0.2, 0.25) is 0 Å². The lowest BCUT2D eigenvalue weighted by Crippen LogP contribution is -1.98. The van der Waals surface area contributed by atoms with E-state index in [1.807, 2.05) is 12.1 Å². The van der Waals surface area contributed by atoms with Crippen molar-refractivity contribution in [2.24, 2.45) is 0 Å². The number of ether oxygens (including phenoxy) is 2. The van der Waals surface area contributed by atoms with Crippen LogP contribution in [0.4, 0.5) is 5.69 Å². The number of nitro groups is 1. The zero-order valence-electron chi connectivity index (χ0n) is 11.7. The topological polar surface area (TPSA) is 81.8 Å². The minimum atomic E-state index is -0.877. The number of hydrogen-bond donors (Lipinski definition) is 1. The Morgan fingerprint density at radius 3 is 2.77 bits per heavy atom. The van der Waals surface area contributed by atoms with Crippen LogP contribution >= 0.6 is 0 Å². The first-order valence-electron chi connectivity index (χ1n) is 6.59. The summed E-state index contributed by atoms with van der Waals surface area (Å²) < 4.78 is 10.6. The fourth-order valence-electron chi connectivity index (χ4n) is 2.35. The van der Waals surface area contributed by atoms with Crippen molar-refractivity contribution in [2.45, 2.75) is 6.10 Å². The minimum absolute atomic E-state index is 0.137. The lowest BCUT2D eigenvalue weighted by Gasteiger charge is -2.05. The fourth-order valence-corrected chi connectivity index (χ4v) is 2.35. The van der Waals surface area contributed by atoms with E-state index in [9.17, 15) is 15.2 Å². The molecule has 1 aliphatic heterocycles. The average molecular weight is 299 g/mol. The molecule has 2 aromatic carbocycles. The second-order valence-electron chi connectivity index (χ2n) is 4.78. The lowest BCUT2D eigenvalue weighted by atomic mass is 10.1. The van der Waals surface area contributed by atoms with Gasteiger partial charge in [-0.3, -0.25) is 10.1 Å². The van der Waals surface area contributed by atoms with Gasteiger partial charge in [0.15, 0.2) is 5.75 Å². The summed E-state index contributed by atoms with van der Waals surface area (Å²) in [6, 6.07) is 11.7. The molecular formula is C16H13NO5. The summed E-state index contributed by atoms with van der Waals surface area (Å²) in [5.41, 5.74) is 1.09. The Kier molecular flexibility index (Phi) is 3.52. The van der Waals surface area contributed by atoms with Crippen molar-refractivity contribution in [3.05, 3.63) is 69.5 Å². The smallest absolute Gasteiger partial charge is 0.311 e. The van der Waals surface area contributed by atoms with Crippen molar-refractivity contribution in [1.82, 2.24) is 0 Å². The Morgan fingerprint density at radius 1 is 1.32 bits per heavy atom. The number of aliphatic hydroxyl groups is 1. The molecule has 0 spiro atoms. The molecule has 0 saturated heterocycles. The second-order valence-corrected chi connectivity index (χ2v) is 4.78. The van der Waals surface area contributed by atoms with Gasteiger partial charge < -0.3 is 14.6 Å². The molecular weight excluding hydrogens is 286 g/mol. The van der Waals surface area contributed by atoms with E-state index in [0.29, 0.717) is 22.6 Å². The molecule has 112 valence electrons. The normalized spacial score (nSPS) is 17.9. The number of fused-ring (bicyclic) bond motifs is 1. The Morgan fingerprint density at radius 2 is 2.09 bits per heavy atom. The fraction of sp³-hybridized carbons (Fsp3) is 0.125. The molecule has 0 aromatic heterocycles. The van der Waals surface area contributed by atoms with Gasteiger partial charge in [-0.05, 0) is 23.8 Å². The molecule has 0 saturated carbocycles. The van der Waals surface area contributed by atoms with Crippen LogP contribution in [-0.4, -0.2) is 17.1 Å². The van der Waals surface area contributed by atoms with Crippen molar-refractivity contribution < 1.29 is 19.5 Å². The third kappa shape index (κ3) is 2.40. The first-order valence-corrected chi connectivity index (χ1v) is 6.59. The van der Waals surface area contributed by atoms with E-state index in [1.165, 1.54) is 19.2 Å². The standard InChI is InChI=1S/C16H13NO5/c1-21-14-7-6-10(8-12(14)17(19)20)9-15-16(18)11-4-2-3-5-13(11)22-15/h2-9,16,18H,1H3. The Bertz CT molecular complexity index is 769. The van der Waals surface area contributed by atoms with Crippen LogP contribution in [0.25, 0.3) is 6.08 Å². The highest BCUT2D eigenvalue weighted by atomic mass is 16.6. The maximum atomic E-state index is 11.0. The molecule has 1 atom stereocenters. The number of nitro benzene ring substituents is 1. The number of aliphatic hydroxyl groups excluding tert-OH is 1. The minimum Gasteiger partial charge on any atom is -0.490 e. The predicted molar refractivity (Wildman–Crippen MR) is 79.7 cm³/mol. The molecule has 3 rings (SSSR count). The first-order chi connectivity index (χ1) is 10.6. The van der Waals surface area contributed by atoms with Crippen LogP contribution in [0.15, 0.2) is 48.2 Å². The van der Waals surface area contributed by atoms with Crippen molar-refractivity contribution in [2.75, 3.05) is 7.11 Å². The van der Waals surface area contributed by atoms with Gasteiger partial charge >= 0.3 is 5.69 Å². The van der Waals surface area contributed by atoms with E-state index in [1.54, 1.807) is 24.3 Å². The van der Waals surface area contributed by atoms with Crippen molar-refractivity contribution in [3.63, 3.8) is 0 Å². The summed E-state index contributed by atoms with van der Waals surface area (Å²) in [4.78, 5) is 10.5. The summed E-state index contributed by atoms with van der Waals surface area (Å²) in [7, 11) is 1.38. The van der Waals surface area contributed by atoms with Crippen LogP contribution in [0.1, 0.15) is 17.2 Å². The van der Waals surface area contributed by atoms with E-state index >= 15 is 0 Å². The molecule has 1 heterocycles. The third-order valence-corrected chi connectivity index (χ3v) is 3.42. The highest BCUT2D eigenvalue weighted by Gasteiger charge is 2.27. The predicted octanol–water partition coefficient (Wildman–Crippen LogP) is 3.07. The summed E-state index contributed by atoms with van der Waals surface area (Å²) in [6.45, 7) is 0. The molecule has 1 unspecified atom stereocenters. The van der Waals surface area contributed by atoms with Crippen molar-refractivity contribution in [1.29, 1.82) is 0 Å². The summed E-state index contributed by atoms with van der Waals surface area (Å²) in [5.74, 6) is 1.10. The summed E-state index contributed by atoms with van der Waals surface area (Å²) >= 11 is 0. The quantitative estimate of drug-likeness (QED) is 0.695. The zero-order valence-corrected chi connectivity index (χ0v) is 11.7. The molecule has 0 fully saturated rings. The number of rotatable bonds is 3. The number of hydrogen-bond acceptors (Lipinski definition) is 5. The van der Waals surface area contributed by atoms with Crippen LogP contribution in [0.5, 0.6) is 11.5 Å². The molecule has 22 heavy (non-hydrogen) atoms. The molecule has 2 aromatic rings. The van der Waals surface area contributed by atoms with Gasteiger partial charge in [0, 0.05) is 11.6 Å². The highest BCUT2D eigenvalue weighted by Crippen LogP contribution is 2.39. The number of para-hydroxylation sites is 1. The Labute approximate surface area is 126 Å². The molecule has 0 radical (unpaired) electrons. The van der Waals surface area contributed by atoms with Crippen LogP contribution in [0.2, 0.25) is 0 Å². The average Bonchev–Trinajstić information content (AvgIpc) is 2.84. The monoisotopic (exact) mass is 299 g/mol. The van der Waals surface area contributed by atoms with E-state index < -0.39 is 11.0 Å². The molecule has 6 nitrogen and oxygen atoms in total. The third-order valence-electron chi connectivity index (χ3n) is 3.42. The van der Waals surface area contributed by atoms with E-state index in [4.69, 9.17) is 9.47 Å². The van der Waals surface area contributed by atoms with Crippen LogP contribution in [0.3, 0.4) is 0 Å². The molecule has 1 N–H and O–H groups in total. The number of nitrogens with zero attached hydrogens (tertiary/aromatic N) is 1. The SMILES string of the molecule is COc1ccc(C=C2Oc3ccccc3C2O)cc1[N+](=O)[O-]. The maximum Gasteiger partial charge on any atom is 0.311 e. The van der Waals surface area contributed by atoms with E-state index in [-0.39, 0.29) is 11.4 Å². The van der Waals surface area contributed by atoms with Gasteiger partial charge in [-0.15, -0.1) is 0 Å². The Balaban J connectivity index is 1.97. The largest absolute Gasteiger partial charge is 0.490 e. The molecule has 0 aliphatic carbocycles. The maximum absolute atomic E-state index is 11.0. The molecule has 0 amide bonds. The number of benzene rings is 2. The summed E-state index contributed by atoms with van der Waals surface area (Å²) in [5, 5.41) is 21.3. The van der Waals surface area contributed by atoms with Gasteiger partial charge in [-0.2, -0.15) is 0 Å². The van der Waals surface area contributed by atoms with E-state index in [0.717, 1.165) is 0 Å². The molecule has 6 heteroatoms. The van der Waals surface area contributed by atoms with Crippen molar-refractivity contribution in [3.8, 4) is 11.5 Å². The van der Waals surface area contributed by atoms with Crippen LogP contribution < -0.4 is 9.47 Å². The van der Waals surface area contributed by atoms with Gasteiger partial charge in [0.1, 0.15) is 17.6 Å². The molecule has 1 aliphatic rings. The van der Waals surface area contributed by atoms with Crippen molar-refractivity contribution >= 4 is 11.8 Å².